The topological polar surface area (TPSA) is 189 Å². The van der Waals surface area contributed by atoms with Gasteiger partial charge in [0.2, 0.25) is 6.29 Å². The maximum Gasteiger partial charge on any atom is 0.417 e. The van der Waals surface area contributed by atoms with Crippen LogP contribution in [0.15, 0.2) is 189 Å². The SMILES string of the molecule is C=CCBr.C=CCOc1cc(C(F)(F)F)ccc1Br.C=CCc1c(C(F)(F)F)ccc(Br)c1O.CC(C)CBr.CC(C)COc1cc(C(F)(F)F)ccc1Br.FC(F)(F)c1ccc(Br)c2occc12.O=CCc1c(C(F)(F)F)ccc(Br)c1O.OC1Cc2c(C(F)(F)F)ccc(Br)c2O1.OOO.Oc1cc(C(F)(F)F)ccc1Br. The number of fused-ring (bicyclic) bond motifs is 2. The van der Waals surface area contributed by atoms with Crippen LogP contribution in [-0.4, -0.2) is 67.4 Å². The number of aromatic hydroxyl groups is 3. The molecule has 634 valence electrons. The van der Waals surface area contributed by atoms with Gasteiger partial charge in [0.05, 0.1) is 83.1 Å². The minimum Gasteiger partial charge on any atom is -0.507 e. The van der Waals surface area contributed by atoms with Crippen LogP contribution in [0, 0.1) is 11.8 Å². The highest BCUT2D eigenvalue weighted by Crippen LogP contribution is 2.46. The van der Waals surface area contributed by atoms with E-state index in [1.807, 2.05) is 13.8 Å². The normalized spacial score (nSPS) is 12.3. The number of furan rings is 1. The standard InChI is InChI=1S/C11H12BrF3O.2C10H8BrF3O.2C9H6BrF3O2.C9H4BrF3O.C7H4BrF3O.C4H9Br.C3H5Br.H2O3/c1-7(2)6-16-10-5-8(11(13,14)15)3-4-9(10)12;1-2-5-15-9-6-7(10(12,13)14)3-4-8(9)11;1-2-3-6-7(10(12,13)14)4-5-8(11)9(6)15;10-6-2-1-5(9(11,12)13)4-3-7(14)15-8(4)6;10-7-2-1-6(9(11,12)13)5(3-4-14)8(7)15;10-7-2-1-6(9(11,12)13)5-3-4-14-8(5)7;8-5-2-1-4(3-6(5)12)7(9,10)11;1-4(2)3-5;1-2-3-4;1-3-2/h3-5,7H,6H2,1-2H3;2-4,6H,1,5H2;2,4-5,15H,1,3H2;1-2,7,14H,3H2;1-2,4,15H,3H2;1-4H;1-3,12H;4H,3H2,1-2H3;2H,1,3H2;1-2H. The van der Waals surface area contributed by atoms with Gasteiger partial charge in [-0.15, -0.1) is 13.2 Å². The van der Waals surface area contributed by atoms with Gasteiger partial charge in [-0.2, -0.15) is 92.2 Å². The molecule has 6 N–H and O–H groups in total. The molecule has 0 radical (unpaired) electrons. The summed E-state index contributed by atoms with van der Waals surface area (Å²) < 4.78 is 283. The van der Waals surface area contributed by atoms with Crippen LogP contribution in [0.5, 0.6) is 34.5 Å². The Morgan fingerprint density at radius 1 is 0.474 bits per heavy atom. The summed E-state index contributed by atoms with van der Waals surface area (Å²) in [5.41, 5.74) is -5.88. The van der Waals surface area contributed by atoms with E-state index in [0.29, 0.717) is 36.9 Å². The molecule has 0 spiro atoms. The summed E-state index contributed by atoms with van der Waals surface area (Å²) in [4.78, 5) is 10.2. The molecule has 1 aromatic heterocycles. The van der Waals surface area contributed by atoms with Gasteiger partial charge in [-0.05, 0) is 239 Å². The van der Waals surface area contributed by atoms with E-state index in [1.54, 1.807) is 6.08 Å². The van der Waals surface area contributed by atoms with E-state index < -0.39 is 112 Å². The second-order valence-electron chi connectivity index (χ2n) is 22.5. The Morgan fingerprint density at radius 2 is 0.842 bits per heavy atom. The largest absolute Gasteiger partial charge is 0.507 e. The highest BCUT2D eigenvalue weighted by atomic mass is 79.9. The van der Waals surface area contributed by atoms with Crippen LogP contribution in [0.2, 0.25) is 0 Å². The van der Waals surface area contributed by atoms with Gasteiger partial charge >= 0.3 is 43.2 Å². The molecule has 1 unspecified atom stereocenters. The Labute approximate surface area is 713 Å². The van der Waals surface area contributed by atoms with Crippen molar-refractivity contribution in [2.45, 2.75) is 96.5 Å². The van der Waals surface area contributed by atoms with E-state index in [2.05, 4.69) is 182 Å². The number of phenolic OH excluding ortho intramolecular Hbond substituents is 3. The van der Waals surface area contributed by atoms with E-state index in [4.69, 9.17) is 39.4 Å². The van der Waals surface area contributed by atoms with Crippen molar-refractivity contribution < 1.29 is 152 Å². The number of ether oxygens (including phenoxy) is 3. The average Bonchev–Trinajstić information content (AvgIpc) is 1.63. The van der Waals surface area contributed by atoms with E-state index >= 15 is 0 Å². The number of alkyl halides is 23. The predicted octanol–water partition coefficient (Wildman–Crippen LogP) is 29.0. The third-order valence-corrected chi connectivity index (χ3v) is 19.1. The number of halogens is 30. The third-order valence-electron chi connectivity index (χ3n) is 12.9. The van der Waals surface area contributed by atoms with Crippen molar-refractivity contribution in [2.75, 3.05) is 23.9 Å². The van der Waals surface area contributed by atoms with E-state index in [0.717, 1.165) is 83.3 Å². The molecule has 8 aromatic rings. The quantitative estimate of drug-likeness (QED) is 0.0170. The highest BCUT2D eigenvalue weighted by molar-refractivity contribution is 9.11. The fourth-order valence-corrected chi connectivity index (χ4v) is 10.5. The lowest BCUT2D eigenvalue weighted by Gasteiger charge is -2.13. The Balaban J connectivity index is 0.00000128. The number of carbonyl (C=O) groups excluding carboxylic acids is 1. The summed E-state index contributed by atoms with van der Waals surface area (Å²) >= 11 is 27.6. The van der Waals surface area contributed by atoms with Crippen molar-refractivity contribution in [3.05, 3.63) is 240 Å². The summed E-state index contributed by atoms with van der Waals surface area (Å²) in [6.45, 7) is 19.0. The smallest absolute Gasteiger partial charge is 0.417 e. The second-order valence-corrected chi connectivity index (χ2v) is 29.7. The van der Waals surface area contributed by atoms with Gasteiger partial charge in [0.25, 0.3) is 0 Å². The number of rotatable bonds is 12. The number of aldehydes is 1. The van der Waals surface area contributed by atoms with Crippen LogP contribution >= 0.6 is 143 Å². The van der Waals surface area contributed by atoms with Crippen molar-refractivity contribution in [3.63, 3.8) is 0 Å². The molecule has 12 nitrogen and oxygen atoms in total. The number of hydrogen-bond acceptors (Lipinski definition) is 12. The minimum absolute atomic E-state index is 0.00405. The second kappa shape index (κ2) is 50.4. The van der Waals surface area contributed by atoms with Gasteiger partial charge in [-0.1, -0.05) is 89.4 Å². The summed E-state index contributed by atoms with van der Waals surface area (Å²) in [7, 11) is 0. The summed E-state index contributed by atoms with van der Waals surface area (Å²) in [5, 5.41) is 54.5. The minimum atomic E-state index is -4.57. The molecule has 0 saturated heterocycles. The van der Waals surface area contributed by atoms with Gasteiger partial charge in [-0.25, -0.2) is 10.5 Å². The van der Waals surface area contributed by atoms with Gasteiger partial charge in [0.1, 0.15) is 53.0 Å². The lowest BCUT2D eigenvalue weighted by Crippen LogP contribution is -2.11. The van der Waals surface area contributed by atoms with Gasteiger partial charge in [0.15, 0.2) is 0 Å². The van der Waals surface area contributed by atoms with Gasteiger partial charge in [0, 0.05) is 45.6 Å². The Morgan fingerprint density at radius 3 is 1.21 bits per heavy atom. The lowest BCUT2D eigenvalue weighted by atomic mass is 10.0. The van der Waals surface area contributed by atoms with Crippen molar-refractivity contribution in [3.8, 4) is 34.5 Å². The van der Waals surface area contributed by atoms with Crippen LogP contribution in [0.1, 0.15) is 83.3 Å². The van der Waals surface area contributed by atoms with Crippen LogP contribution in [0.3, 0.4) is 0 Å². The molecular formula is C72H64Br9F21O12. The van der Waals surface area contributed by atoms with E-state index in [9.17, 15) is 107 Å². The molecule has 1 aliphatic rings. The summed E-state index contributed by atoms with van der Waals surface area (Å²) in [6.07, 6.45) is -26.6. The number of benzene rings is 7. The maximum atomic E-state index is 12.5. The highest BCUT2D eigenvalue weighted by Gasteiger charge is 2.40. The fraction of sp³-hybridized carbons (Fsp3) is 0.292. The first-order chi connectivity index (χ1) is 52.4. The predicted molar refractivity (Wildman–Crippen MR) is 418 cm³/mol. The van der Waals surface area contributed by atoms with E-state index in [1.165, 1.54) is 54.8 Å². The zero-order valence-electron chi connectivity index (χ0n) is 58.6. The van der Waals surface area contributed by atoms with Crippen molar-refractivity contribution in [1.29, 1.82) is 0 Å². The van der Waals surface area contributed by atoms with Crippen LogP contribution < -0.4 is 14.2 Å². The Hall–Kier alpha value is -5.54. The number of aliphatic hydroxyl groups excluding tert-OH is 1. The van der Waals surface area contributed by atoms with Gasteiger partial charge in [-0.3, -0.25) is 0 Å². The molecule has 1 aliphatic heterocycles. The molecule has 0 saturated carbocycles. The maximum absolute atomic E-state index is 12.5. The first-order valence-electron chi connectivity index (χ1n) is 30.9. The van der Waals surface area contributed by atoms with Crippen molar-refractivity contribution >= 4 is 161 Å². The molecule has 114 heavy (non-hydrogen) atoms. The molecule has 1 atom stereocenters. The first kappa shape index (κ1) is 108. The number of aliphatic hydroxyl groups is 1. The third kappa shape index (κ3) is 38.5. The number of allylic oxidation sites excluding steroid dienone is 2. The molecule has 7 aromatic carbocycles. The van der Waals surface area contributed by atoms with Crippen LogP contribution in [0.4, 0.5) is 92.2 Å². The molecule has 0 amide bonds. The van der Waals surface area contributed by atoms with Crippen molar-refractivity contribution in [2.24, 2.45) is 11.8 Å². The molecular weight excluding hydrogens is 2170 g/mol. The Kier molecular flexibility index (Phi) is 47.9. The van der Waals surface area contributed by atoms with Crippen LogP contribution in [-0.2, 0) is 72.3 Å². The molecule has 42 heteroatoms. The van der Waals surface area contributed by atoms with Crippen molar-refractivity contribution in [1.82, 2.24) is 0 Å². The Bertz CT molecular complexity index is 4240. The fourth-order valence-electron chi connectivity index (χ4n) is 7.88. The van der Waals surface area contributed by atoms with Crippen LogP contribution in [0.25, 0.3) is 11.0 Å². The monoisotopic (exact) mass is 2230 g/mol. The summed E-state index contributed by atoms with van der Waals surface area (Å²) in [5.74, 6) is 0.188. The lowest BCUT2D eigenvalue weighted by molar-refractivity contribution is -0.465. The first-order valence-corrected chi connectivity index (χ1v) is 38.7. The molecule has 0 fully saturated rings. The number of hydrogen-bond donors (Lipinski definition) is 6. The zero-order chi connectivity index (χ0) is 88.4. The molecule has 2 heterocycles. The molecule has 0 bridgehead atoms. The molecule has 0 aliphatic carbocycles. The zero-order valence-corrected chi connectivity index (χ0v) is 72.8. The van der Waals surface area contributed by atoms with E-state index in [-0.39, 0.29) is 83.9 Å². The molecule has 9 rings (SSSR count). The average molecular weight is 2240 g/mol. The summed E-state index contributed by atoms with van der Waals surface area (Å²) in [6, 6.07) is 19.3. The van der Waals surface area contributed by atoms with Gasteiger partial charge < -0.3 is 43.8 Å². The number of carbonyl (C=O) groups is 1. The number of phenols is 3.